The van der Waals surface area contributed by atoms with E-state index in [0.29, 0.717) is 48.9 Å². The maximum Gasteiger partial charge on any atom is 0.274 e. The van der Waals surface area contributed by atoms with Gasteiger partial charge in [0.05, 0.1) is 22.6 Å². The molecule has 6 nitrogen and oxygen atoms in total. The van der Waals surface area contributed by atoms with Gasteiger partial charge >= 0.3 is 0 Å². The fraction of sp³-hybridized carbons (Fsp3) is 0.419. The summed E-state index contributed by atoms with van der Waals surface area (Å²) >= 11 is 5.87. The van der Waals surface area contributed by atoms with Crippen LogP contribution in [0.15, 0.2) is 54.9 Å². The number of hydrogen-bond acceptors (Lipinski definition) is 4. The van der Waals surface area contributed by atoms with Crippen LogP contribution in [0.25, 0.3) is 0 Å². The van der Waals surface area contributed by atoms with Gasteiger partial charge < -0.3 is 20.1 Å². The van der Waals surface area contributed by atoms with Crippen molar-refractivity contribution in [2.24, 2.45) is 24.8 Å². The molecule has 3 fully saturated rings. The summed E-state index contributed by atoms with van der Waals surface area (Å²) < 4.78 is 15.2. The fourth-order valence-electron chi connectivity index (χ4n) is 6.85. The van der Waals surface area contributed by atoms with Gasteiger partial charge in [0.2, 0.25) is 0 Å². The van der Waals surface area contributed by atoms with E-state index < -0.39 is 17.0 Å². The van der Waals surface area contributed by atoms with Crippen LogP contribution < -0.4 is 5.32 Å². The summed E-state index contributed by atoms with van der Waals surface area (Å²) in [6.07, 6.45) is 5.72. The van der Waals surface area contributed by atoms with E-state index in [4.69, 9.17) is 11.6 Å². The van der Waals surface area contributed by atoms with Crippen LogP contribution in [0.2, 0.25) is 5.02 Å². The lowest BCUT2D eigenvalue weighted by atomic mass is 9.67. The summed E-state index contributed by atoms with van der Waals surface area (Å²) in [7, 11) is 1.78. The molecule has 1 heterocycles. The molecule has 0 saturated heterocycles. The Hall–Kier alpha value is -3.18. The van der Waals surface area contributed by atoms with Gasteiger partial charge in [0.15, 0.2) is 0 Å². The smallest absolute Gasteiger partial charge is 0.274 e. The van der Waals surface area contributed by atoms with Crippen LogP contribution in [0.5, 0.6) is 0 Å². The lowest BCUT2D eigenvalue weighted by Crippen LogP contribution is -2.40. The molecule has 3 aliphatic rings. The van der Waals surface area contributed by atoms with Gasteiger partial charge in [-0.15, -0.1) is 0 Å². The summed E-state index contributed by atoms with van der Waals surface area (Å²) in [6.45, 7) is 0. The number of nitrogens with zero attached hydrogens (tertiary/aromatic N) is 2. The highest BCUT2D eigenvalue weighted by Gasteiger charge is 2.50. The van der Waals surface area contributed by atoms with Gasteiger partial charge in [-0.3, -0.25) is 4.79 Å². The predicted molar refractivity (Wildman–Crippen MR) is 147 cm³/mol. The van der Waals surface area contributed by atoms with Gasteiger partial charge in [-0.1, -0.05) is 53.8 Å². The number of carbonyl (C=O) groups is 1. The molecule has 1 aromatic heterocycles. The number of aliphatic hydroxyl groups is 2. The zero-order valence-corrected chi connectivity index (χ0v) is 22.5. The van der Waals surface area contributed by atoms with Gasteiger partial charge in [-0.05, 0) is 74.1 Å². The van der Waals surface area contributed by atoms with E-state index in [-0.39, 0.29) is 22.8 Å². The van der Waals surface area contributed by atoms with E-state index in [2.05, 4.69) is 22.1 Å². The number of amides is 1. The Kier molecular flexibility index (Phi) is 6.53. The van der Waals surface area contributed by atoms with Crippen molar-refractivity contribution in [3.05, 3.63) is 82.6 Å². The van der Waals surface area contributed by atoms with Crippen LogP contribution in [0, 0.1) is 35.4 Å². The summed E-state index contributed by atoms with van der Waals surface area (Å²) in [6, 6.07) is 13.8. The second kappa shape index (κ2) is 9.78. The number of halogens is 2. The molecule has 2 aromatic carbocycles. The van der Waals surface area contributed by atoms with Crippen LogP contribution in [-0.2, 0) is 12.6 Å². The molecular formula is C31H31ClFN3O3. The third-order valence-electron chi connectivity index (χ3n) is 8.77. The molecule has 0 bridgehead atoms. The van der Waals surface area contributed by atoms with Crippen molar-refractivity contribution in [1.29, 1.82) is 0 Å². The summed E-state index contributed by atoms with van der Waals surface area (Å²) in [4.78, 5) is 17.7. The standard InChI is InChI=1S/C31H31ClFN3O3/c1-36-18-34-27(28(36)29(37)35-24-7-8-26(33)25(32)13-24)20-11-21-16-30(38,17-22(21)12-20)10-9-19-14-31(39,15-19)23-5-3-2-4-6-23/h2-8,13,18-22,38-39H,11-12,14-17H2,1H3,(H,35,37). The SMILES string of the molecule is Cn1cnc(C2CC3CC(O)(C#CC4CC(O)(c5ccccc5)C4)CC3C2)c1C(=O)Nc1ccc(F)c(Cl)c1. The first-order valence-electron chi connectivity index (χ1n) is 13.4. The van der Waals surface area contributed by atoms with Crippen molar-refractivity contribution < 1.29 is 19.4 Å². The van der Waals surface area contributed by atoms with E-state index in [0.717, 1.165) is 24.1 Å². The van der Waals surface area contributed by atoms with Crippen LogP contribution in [0.3, 0.4) is 0 Å². The van der Waals surface area contributed by atoms with E-state index in [1.807, 2.05) is 30.3 Å². The highest BCUT2D eigenvalue weighted by atomic mass is 35.5. The second-order valence-corrected chi connectivity index (χ2v) is 12.0. The third-order valence-corrected chi connectivity index (χ3v) is 9.06. The van der Waals surface area contributed by atoms with Gasteiger partial charge in [-0.25, -0.2) is 9.37 Å². The molecule has 39 heavy (non-hydrogen) atoms. The average molecular weight is 548 g/mol. The molecule has 8 heteroatoms. The van der Waals surface area contributed by atoms with Crippen molar-refractivity contribution in [1.82, 2.24) is 9.55 Å². The molecule has 3 aliphatic carbocycles. The number of hydrogen-bond donors (Lipinski definition) is 3. The topological polar surface area (TPSA) is 87.4 Å². The van der Waals surface area contributed by atoms with Crippen molar-refractivity contribution in [2.75, 3.05) is 5.32 Å². The Balaban J connectivity index is 1.09. The maximum absolute atomic E-state index is 13.5. The molecule has 202 valence electrons. The van der Waals surface area contributed by atoms with Crippen molar-refractivity contribution in [2.45, 2.75) is 55.6 Å². The largest absolute Gasteiger partial charge is 0.385 e. The van der Waals surface area contributed by atoms with Gasteiger partial charge in [-0.2, -0.15) is 0 Å². The zero-order chi connectivity index (χ0) is 27.4. The first kappa shape index (κ1) is 26.1. The van der Waals surface area contributed by atoms with E-state index in [1.54, 1.807) is 17.9 Å². The molecule has 0 aliphatic heterocycles. The molecule has 3 saturated carbocycles. The van der Waals surface area contributed by atoms with E-state index in [9.17, 15) is 19.4 Å². The molecular weight excluding hydrogens is 517 g/mol. The number of rotatable bonds is 4. The lowest BCUT2D eigenvalue weighted by molar-refractivity contribution is -0.0624. The van der Waals surface area contributed by atoms with Gasteiger partial charge in [0.1, 0.15) is 17.1 Å². The summed E-state index contributed by atoms with van der Waals surface area (Å²) in [5, 5.41) is 24.9. The minimum atomic E-state index is -1.01. The Morgan fingerprint density at radius 2 is 1.79 bits per heavy atom. The number of aryl methyl sites for hydroxylation is 1. The lowest BCUT2D eigenvalue weighted by Gasteiger charge is -2.41. The fourth-order valence-corrected chi connectivity index (χ4v) is 7.03. The van der Waals surface area contributed by atoms with Crippen LogP contribution in [0.1, 0.15) is 66.2 Å². The number of anilines is 1. The number of nitrogens with one attached hydrogen (secondary N) is 1. The summed E-state index contributed by atoms with van der Waals surface area (Å²) in [5.74, 6) is 6.39. The summed E-state index contributed by atoms with van der Waals surface area (Å²) in [5.41, 5.74) is 0.741. The Morgan fingerprint density at radius 1 is 1.10 bits per heavy atom. The monoisotopic (exact) mass is 547 g/mol. The van der Waals surface area contributed by atoms with E-state index in [1.165, 1.54) is 18.2 Å². The van der Waals surface area contributed by atoms with Crippen molar-refractivity contribution in [3.63, 3.8) is 0 Å². The van der Waals surface area contributed by atoms with Crippen LogP contribution >= 0.6 is 11.6 Å². The molecule has 3 N–H and O–H groups in total. The minimum absolute atomic E-state index is 0.0542. The van der Waals surface area contributed by atoms with Gasteiger partial charge in [0.25, 0.3) is 5.91 Å². The molecule has 0 radical (unpaired) electrons. The molecule has 2 atom stereocenters. The van der Waals surface area contributed by atoms with Crippen LogP contribution in [-0.4, -0.2) is 31.3 Å². The second-order valence-electron chi connectivity index (χ2n) is 11.6. The predicted octanol–water partition coefficient (Wildman–Crippen LogP) is 5.40. The average Bonchev–Trinajstić information content (AvgIpc) is 3.55. The Bertz CT molecular complexity index is 1460. The molecule has 3 aromatic rings. The van der Waals surface area contributed by atoms with Crippen molar-refractivity contribution in [3.8, 4) is 11.8 Å². The maximum atomic E-state index is 13.5. The Morgan fingerprint density at radius 3 is 2.46 bits per heavy atom. The molecule has 1 amide bonds. The number of aromatic nitrogens is 2. The normalized spacial score (nSPS) is 31.2. The number of imidazole rings is 1. The zero-order valence-electron chi connectivity index (χ0n) is 21.7. The number of benzene rings is 2. The third kappa shape index (κ3) is 4.98. The number of fused-ring (bicyclic) bond motifs is 1. The van der Waals surface area contributed by atoms with Crippen molar-refractivity contribution >= 4 is 23.2 Å². The minimum Gasteiger partial charge on any atom is -0.385 e. The van der Waals surface area contributed by atoms with Gasteiger partial charge in [0, 0.05) is 24.6 Å². The molecule has 0 spiro atoms. The number of carbonyl (C=O) groups excluding carboxylic acids is 1. The van der Waals surface area contributed by atoms with Crippen LogP contribution in [0.4, 0.5) is 10.1 Å². The first-order valence-corrected chi connectivity index (χ1v) is 13.8. The van der Waals surface area contributed by atoms with E-state index >= 15 is 0 Å². The molecule has 6 rings (SSSR count). The molecule has 2 unspecified atom stereocenters. The highest BCUT2D eigenvalue weighted by Crippen LogP contribution is 2.54. The highest BCUT2D eigenvalue weighted by molar-refractivity contribution is 6.31. The Labute approximate surface area is 232 Å². The first-order chi connectivity index (χ1) is 18.6. The quantitative estimate of drug-likeness (QED) is 0.382.